The molecule has 0 aliphatic carbocycles. The van der Waals surface area contributed by atoms with E-state index in [9.17, 15) is 0 Å². The van der Waals surface area contributed by atoms with E-state index in [1.807, 2.05) is 31.2 Å². The Morgan fingerprint density at radius 1 is 1.16 bits per heavy atom. The van der Waals surface area contributed by atoms with Crippen molar-refractivity contribution in [1.82, 2.24) is 14.5 Å². The molecule has 3 nitrogen and oxygen atoms in total. The van der Waals surface area contributed by atoms with E-state index in [4.69, 9.17) is 16.6 Å². The Morgan fingerprint density at radius 3 is 2.58 bits per heavy atom. The van der Waals surface area contributed by atoms with E-state index in [2.05, 4.69) is 28.6 Å². The SMILES string of the molecule is CCc1nc2c(C)cc(Cl)nc2n1-c1ccccc1. The fourth-order valence-corrected chi connectivity index (χ4v) is 2.53. The fraction of sp³-hybridized carbons (Fsp3) is 0.200. The van der Waals surface area contributed by atoms with Crippen molar-refractivity contribution < 1.29 is 0 Å². The van der Waals surface area contributed by atoms with Gasteiger partial charge >= 0.3 is 0 Å². The number of halogens is 1. The van der Waals surface area contributed by atoms with Crippen LogP contribution in [0.5, 0.6) is 0 Å². The lowest BCUT2D eigenvalue weighted by molar-refractivity contribution is 0.901. The second-order valence-corrected chi connectivity index (χ2v) is 4.87. The molecule has 96 valence electrons. The van der Waals surface area contributed by atoms with Crippen LogP contribution in [0.4, 0.5) is 0 Å². The van der Waals surface area contributed by atoms with Crippen LogP contribution >= 0.6 is 11.6 Å². The van der Waals surface area contributed by atoms with Crippen molar-refractivity contribution in [2.75, 3.05) is 0 Å². The van der Waals surface area contributed by atoms with Crippen LogP contribution in [0.2, 0.25) is 5.15 Å². The van der Waals surface area contributed by atoms with Gasteiger partial charge in [-0.25, -0.2) is 9.97 Å². The number of rotatable bonds is 2. The zero-order valence-electron chi connectivity index (χ0n) is 10.9. The molecule has 2 aromatic heterocycles. The molecule has 0 bridgehead atoms. The summed E-state index contributed by atoms with van der Waals surface area (Å²) in [4.78, 5) is 9.14. The average Bonchev–Trinajstić information content (AvgIpc) is 2.78. The van der Waals surface area contributed by atoms with Crippen molar-refractivity contribution in [2.24, 2.45) is 0 Å². The van der Waals surface area contributed by atoms with E-state index >= 15 is 0 Å². The van der Waals surface area contributed by atoms with Gasteiger partial charge in [0.05, 0.1) is 0 Å². The predicted octanol–water partition coefficient (Wildman–Crippen LogP) is 3.94. The summed E-state index contributed by atoms with van der Waals surface area (Å²) in [5.74, 6) is 0.999. The molecule has 0 amide bonds. The van der Waals surface area contributed by atoms with E-state index in [0.29, 0.717) is 5.15 Å². The lowest BCUT2D eigenvalue weighted by Crippen LogP contribution is -2.00. The fourth-order valence-electron chi connectivity index (χ4n) is 2.29. The summed E-state index contributed by atoms with van der Waals surface area (Å²) in [7, 11) is 0. The molecule has 3 aromatic rings. The van der Waals surface area contributed by atoms with Gasteiger partial charge in [-0.15, -0.1) is 0 Å². The first kappa shape index (κ1) is 12.2. The topological polar surface area (TPSA) is 30.7 Å². The maximum absolute atomic E-state index is 6.08. The standard InChI is InChI=1S/C15H14ClN3/c1-3-13-18-14-10(2)9-12(16)17-15(14)19(13)11-7-5-4-6-8-11/h4-9H,3H2,1-2H3. The van der Waals surface area contributed by atoms with E-state index in [-0.39, 0.29) is 0 Å². The molecule has 2 heterocycles. The summed E-state index contributed by atoms with van der Waals surface area (Å²) in [6.45, 7) is 4.11. The Hall–Kier alpha value is -1.87. The number of nitrogens with zero attached hydrogens (tertiary/aromatic N) is 3. The Morgan fingerprint density at radius 2 is 1.89 bits per heavy atom. The molecule has 3 rings (SSSR count). The third-order valence-electron chi connectivity index (χ3n) is 3.18. The molecule has 19 heavy (non-hydrogen) atoms. The third-order valence-corrected chi connectivity index (χ3v) is 3.37. The average molecular weight is 272 g/mol. The molecule has 0 atom stereocenters. The van der Waals surface area contributed by atoms with Crippen molar-refractivity contribution in [3.05, 3.63) is 52.9 Å². The molecular formula is C15H14ClN3. The van der Waals surface area contributed by atoms with Crippen LogP contribution in [0.3, 0.4) is 0 Å². The number of aryl methyl sites for hydroxylation is 2. The smallest absolute Gasteiger partial charge is 0.166 e. The van der Waals surface area contributed by atoms with Crippen LogP contribution in [0.1, 0.15) is 18.3 Å². The zero-order chi connectivity index (χ0) is 13.4. The van der Waals surface area contributed by atoms with E-state index in [1.54, 1.807) is 0 Å². The molecule has 0 radical (unpaired) electrons. The Labute approximate surface area is 116 Å². The number of fused-ring (bicyclic) bond motifs is 1. The zero-order valence-corrected chi connectivity index (χ0v) is 11.6. The minimum Gasteiger partial charge on any atom is -0.281 e. The van der Waals surface area contributed by atoms with Crippen LogP contribution in [-0.4, -0.2) is 14.5 Å². The molecular weight excluding hydrogens is 258 g/mol. The Bertz CT molecular complexity index is 732. The summed E-state index contributed by atoms with van der Waals surface area (Å²) < 4.78 is 2.08. The highest BCUT2D eigenvalue weighted by atomic mass is 35.5. The van der Waals surface area contributed by atoms with Gasteiger partial charge in [0, 0.05) is 12.1 Å². The summed E-state index contributed by atoms with van der Waals surface area (Å²) in [6, 6.07) is 12.0. The van der Waals surface area contributed by atoms with Crippen LogP contribution in [-0.2, 0) is 6.42 Å². The van der Waals surface area contributed by atoms with E-state index < -0.39 is 0 Å². The van der Waals surface area contributed by atoms with Crippen LogP contribution in [0, 0.1) is 6.92 Å². The number of imidazole rings is 1. The maximum Gasteiger partial charge on any atom is 0.166 e. The molecule has 0 N–H and O–H groups in total. The summed E-state index contributed by atoms with van der Waals surface area (Å²) in [5, 5.41) is 0.504. The van der Waals surface area contributed by atoms with E-state index in [1.165, 1.54) is 0 Å². The van der Waals surface area contributed by atoms with Crippen molar-refractivity contribution in [2.45, 2.75) is 20.3 Å². The van der Waals surface area contributed by atoms with Gasteiger partial charge in [-0.3, -0.25) is 4.57 Å². The number of pyridine rings is 1. The highest BCUT2D eigenvalue weighted by Gasteiger charge is 2.14. The number of para-hydroxylation sites is 1. The molecule has 0 saturated heterocycles. The van der Waals surface area contributed by atoms with Crippen molar-refractivity contribution in [1.29, 1.82) is 0 Å². The van der Waals surface area contributed by atoms with Crippen molar-refractivity contribution in [3.63, 3.8) is 0 Å². The number of benzene rings is 1. The molecule has 4 heteroatoms. The summed E-state index contributed by atoms with van der Waals surface area (Å²) in [6.07, 6.45) is 0.850. The van der Waals surface area contributed by atoms with Gasteiger partial charge in [0.15, 0.2) is 5.65 Å². The first-order valence-electron chi connectivity index (χ1n) is 6.30. The molecule has 0 unspecified atom stereocenters. The van der Waals surface area contributed by atoms with Gasteiger partial charge in [-0.2, -0.15) is 0 Å². The van der Waals surface area contributed by atoms with Crippen LogP contribution in [0.25, 0.3) is 16.9 Å². The minimum absolute atomic E-state index is 0.504. The molecule has 0 spiro atoms. The van der Waals surface area contributed by atoms with Gasteiger partial charge in [0.25, 0.3) is 0 Å². The van der Waals surface area contributed by atoms with Crippen LogP contribution in [0.15, 0.2) is 36.4 Å². The highest BCUT2D eigenvalue weighted by molar-refractivity contribution is 6.29. The molecule has 0 aliphatic heterocycles. The maximum atomic E-state index is 6.08. The largest absolute Gasteiger partial charge is 0.281 e. The Balaban J connectivity index is 2.39. The van der Waals surface area contributed by atoms with Gasteiger partial charge in [-0.1, -0.05) is 36.7 Å². The number of hydrogen-bond acceptors (Lipinski definition) is 2. The van der Waals surface area contributed by atoms with E-state index in [0.717, 1.165) is 34.7 Å². The van der Waals surface area contributed by atoms with Gasteiger partial charge in [0.1, 0.15) is 16.5 Å². The van der Waals surface area contributed by atoms with Gasteiger partial charge in [-0.05, 0) is 30.7 Å². The summed E-state index contributed by atoms with van der Waals surface area (Å²) in [5.41, 5.74) is 3.87. The third kappa shape index (κ3) is 2.00. The molecule has 1 aromatic carbocycles. The molecule has 0 aliphatic rings. The lowest BCUT2D eigenvalue weighted by atomic mass is 10.2. The minimum atomic E-state index is 0.504. The monoisotopic (exact) mass is 271 g/mol. The lowest BCUT2D eigenvalue weighted by Gasteiger charge is -2.07. The van der Waals surface area contributed by atoms with Gasteiger partial charge in [0.2, 0.25) is 0 Å². The van der Waals surface area contributed by atoms with Crippen molar-refractivity contribution in [3.8, 4) is 5.69 Å². The van der Waals surface area contributed by atoms with Crippen molar-refractivity contribution >= 4 is 22.8 Å². The first-order valence-corrected chi connectivity index (χ1v) is 6.68. The molecule has 0 saturated carbocycles. The second-order valence-electron chi connectivity index (χ2n) is 4.49. The highest BCUT2D eigenvalue weighted by Crippen LogP contribution is 2.24. The first-order chi connectivity index (χ1) is 9.20. The summed E-state index contributed by atoms with van der Waals surface area (Å²) >= 11 is 6.08. The number of hydrogen-bond donors (Lipinski definition) is 0. The van der Waals surface area contributed by atoms with Gasteiger partial charge < -0.3 is 0 Å². The molecule has 0 fully saturated rings. The second kappa shape index (κ2) is 4.67. The van der Waals surface area contributed by atoms with Crippen LogP contribution < -0.4 is 0 Å². The quantitative estimate of drug-likeness (QED) is 0.661. The Kier molecular flexibility index (Phi) is 2.99. The normalized spacial score (nSPS) is 11.1. The number of aromatic nitrogens is 3. The predicted molar refractivity (Wildman–Crippen MR) is 78.0 cm³/mol.